The van der Waals surface area contributed by atoms with Crippen molar-refractivity contribution in [3.63, 3.8) is 0 Å². The van der Waals surface area contributed by atoms with Crippen molar-refractivity contribution in [2.45, 2.75) is 25.3 Å². The Morgan fingerprint density at radius 2 is 2.14 bits per heavy atom. The van der Waals surface area contributed by atoms with E-state index in [0.717, 1.165) is 12.1 Å². The van der Waals surface area contributed by atoms with Gasteiger partial charge in [0.1, 0.15) is 17.7 Å². The maximum absolute atomic E-state index is 13.5. The van der Waals surface area contributed by atoms with E-state index in [1.54, 1.807) is 6.08 Å². The van der Waals surface area contributed by atoms with Gasteiger partial charge in [-0.1, -0.05) is 6.08 Å². The maximum atomic E-state index is 13.5. The van der Waals surface area contributed by atoms with Gasteiger partial charge in [-0.05, 0) is 31.4 Å². The number of carbonyl (C=O) groups excluding carboxylic acids is 2. The van der Waals surface area contributed by atoms with Gasteiger partial charge in [0.15, 0.2) is 0 Å². The quantitative estimate of drug-likeness (QED) is 0.478. The fourth-order valence-electron chi connectivity index (χ4n) is 1.77. The number of hydrogen-bond acceptors (Lipinski definition) is 3. The Kier molecular flexibility index (Phi) is 6.52. The number of ether oxygens (including phenoxy) is 1. The molecule has 21 heavy (non-hydrogen) atoms. The van der Waals surface area contributed by atoms with E-state index in [1.807, 2.05) is 0 Å². The molecule has 0 saturated carbocycles. The van der Waals surface area contributed by atoms with Crippen molar-refractivity contribution in [3.05, 3.63) is 48.1 Å². The normalized spacial score (nSPS) is 11.6. The standard InChI is InChI=1S/C15H17F2NO3/c1-3-4-5-6-13(15(20)21-2)18-14(19)11-8-7-10(16)9-12(11)17/h3,7-9,13H,1,4-6H2,2H3,(H,18,19)/t13-/m1/s1. The molecule has 4 nitrogen and oxygen atoms in total. The number of nitrogens with one attached hydrogen (secondary N) is 1. The van der Waals surface area contributed by atoms with Gasteiger partial charge < -0.3 is 10.1 Å². The molecule has 0 aliphatic carbocycles. The van der Waals surface area contributed by atoms with Gasteiger partial charge >= 0.3 is 5.97 Å². The van der Waals surface area contributed by atoms with Crippen LogP contribution in [0.25, 0.3) is 0 Å². The van der Waals surface area contributed by atoms with Crippen LogP contribution in [-0.4, -0.2) is 25.0 Å². The third-order valence-corrected chi connectivity index (χ3v) is 2.87. The molecular weight excluding hydrogens is 280 g/mol. The molecule has 0 bridgehead atoms. The highest BCUT2D eigenvalue weighted by Gasteiger charge is 2.23. The van der Waals surface area contributed by atoms with Crippen molar-refractivity contribution in [1.82, 2.24) is 5.32 Å². The van der Waals surface area contributed by atoms with Gasteiger partial charge in [-0.2, -0.15) is 0 Å². The molecule has 0 heterocycles. The van der Waals surface area contributed by atoms with Gasteiger partial charge in [-0.25, -0.2) is 13.6 Å². The SMILES string of the molecule is C=CCCC[C@@H](NC(=O)c1ccc(F)cc1F)C(=O)OC. The molecule has 0 aromatic heterocycles. The van der Waals surface area contributed by atoms with Gasteiger partial charge in [-0.3, -0.25) is 4.79 Å². The van der Waals surface area contributed by atoms with E-state index in [2.05, 4.69) is 16.6 Å². The lowest BCUT2D eigenvalue weighted by molar-refractivity contribution is -0.143. The van der Waals surface area contributed by atoms with Crippen LogP contribution in [0.3, 0.4) is 0 Å². The smallest absolute Gasteiger partial charge is 0.328 e. The average molecular weight is 297 g/mol. The van der Waals surface area contributed by atoms with E-state index < -0.39 is 29.6 Å². The van der Waals surface area contributed by atoms with Gasteiger partial charge in [0.05, 0.1) is 12.7 Å². The topological polar surface area (TPSA) is 55.4 Å². The Morgan fingerprint density at radius 3 is 2.71 bits per heavy atom. The molecule has 0 unspecified atom stereocenters. The number of esters is 1. The Hall–Kier alpha value is -2.24. The van der Waals surface area contributed by atoms with Crippen molar-refractivity contribution < 1.29 is 23.1 Å². The molecule has 114 valence electrons. The Bertz CT molecular complexity index is 532. The second-order valence-corrected chi connectivity index (χ2v) is 4.39. The average Bonchev–Trinajstić information content (AvgIpc) is 2.45. The van der Waals surface area contributed by atoms with Crippen LogP contribution in [0, 0.1) is 11.6 Å². The van der Waals surface area contributed by atoms with Gasteiger partial charge in [-0.15, -0.1) is 6.58 Å². The number of methoxy groups -OCH3 is 1. The second kappa shape index (κ2) is 8.14. The summed E-state index contributed by atoms with van der Waals surface area (Å²) in [5.74, 6) is -3.17. The van der Waals surface area contributed by atoms with Crippen LogP contribution in [0.4, 0.5) is 8.78 Å². The van der Waals surface area contributed by atoms with Crippen LogP contribution in [0.2, 0.25) is 0 Å². The van der Waals surface area contributed by atoms with Crippen molar-refractivity contribution in [3.8, 4) is 0 Å². The van der Waals surface area contributed by atoms with Crippen LogP contribution in [-0.2, 0) is 9.53 Å². The summed E-state index contributed by atoms with van der Waals surface area (Å²) in [5, 5.41) is 2.39. The first-order valence-corrected chi connectivity index (χ1v) is 6.44. The molecule has 0 radical (unpaired) electrons. The van der Waals surface area contributed by atoms with E-state index >= 15 is 0 Å². The molecule has 1 aromatic carbocycles. The number of allylic oxidation sites excluding steroid dienone is 1. The summed E-state index contributed by atoms with van der Waals surface area (Å²) in [6, 6.07) is 1.73. The number of rotatable bonds is 7. The fourth-order valence-corrected chi connectivity index (χ4v) is 1.77. The number of unbranched alkanes of at least 4 members (excludes halogenated alkanes) is 1. The van der Waals surface area contributed by atoms with Crippen LogP contribution in [0.15, 0.2) is 30.9 Å². The second-order valence-electron chi connectivity index (χ2n) is 4.39. The number of amides is 1. The van der Waals surface area contributed by atoms with Crippen molar-refractivity contribution in [2.24, 2.45) is 0 Å². The summed E-state index contributed by atoms with van der Waals surface area (Å²) in [7, 11) is 1.20. The first-order chi connectivity index (χ1) is 9.99. The zero-order valence-electron chi connectivity index (χ0n) is 11.7. The summed E-state index contributed by atoms with van der Waals surface area (Å²) < 4.78 is 30.9. The zero-order valence-corrected chi connectivity index (χ0v) is 11.7. The molecule has 0 aliphatic heterocycles. The zero-order chi connectivity index (χ0) is 15.8. The van der Waals surface area contributed by atoms with E-state index in [0.29, 0.717) is 25.3 Å². The minimum Gasteiger partial charge on any atom is -0.467 e. The van der Waals surface area contributed by atoms with E-state index in [4.69, 9.17) is 0 Å². The monoisotopic (exact) mass is 297 g/mol. The third-order valence-electron chi connectivity index (χ3n) is 2.87. The molecule has 1 N–H and O–H groups in total. The molecule has 1 atom stereocenters. The van der Waals surface area contributed by atoms with Crippen molar-refractivity contribution in [1.29, 1.82) is 0 Å². The van der Waals surface area contributed by atoms with Gasteiger partial charge in [0, 0.05) is 6.07 Å². The maximum Gasteiger partial charge on any atom is 0.328 e. The largest absolute Gasteiger partial charge is 0.467 e. The summed E-state index contributed by atoms with van der Waals surface area (Å²) in [6.45, 7) is 3.56. The van der Waals surface area contributed by atoms with Crippen LogP contribution in [0.1, 0.15) is 29.6 Å². The number of hydrogen-bond donors (Lipinski definition) is 1. The molecular formula is C15H17F2NO3. The third kappa shape index (κ3) is 4.98. The van der Waals surface area contributed by atoms with Crippen molar-refractivity contribution in [2.75, 3.05) is 7.11 Å². The minimum absolute atomic E-state index is 0.325. The highest BCUT2D eigenvalue weighted by atomic mass is 19.1. The van der Waals surface area contributed by atoms with Gasteiger partial charge in [0.2, 0.25) is 0 Å². The van der Waals surface area contributed by atoms with E-state index in [9.17, 15) is 18.4 Å². The summed E-state index contributed by atoms with van der Waals surface area (Å²) in [6.07, 6.45) is 3.33. The van der Waals surface area contributed by atoms with Gasteiger partial charge in [0.25, 0.3) is 5.91 Å². The summed E-state index contributed by atoms with van der Waals surface area (Å²) >= 11 is 0. The predicted octanol–water partition coefficient (Wildman–Crippen LogP) is 2.59. The predicted molar refractivity (Wildman–Crippen MR) is 73.7 cm³/mol. The first kappa shape index (κ1) is 16.8. The molecule has 0 aliphatic rings. The molecule has 6 heteroatoms. The fraction of sp³-hybridized carbons (Fsp3) is 0.333. The Labute approximate surface area is 121 Å². The lowest BCUT2D eigenvalue weighted by Crippen LogP contribution is -2.41. The van der Waals surface area contributed by atoms with E-state index in [-0.39, 0.29) is 5.56 Å². The lowest BCUT2D eigenvalue weighted by Gasteiger charge is -2.16. The molecule has 1 aromatic rings. The number of benzene rings is 1. The Balaban J connectivity index is 2.79. The minimum atomic E-state index is -0.984. The number of carbonyl (C=O) groups is 2. The number of halogens is 2. The molecule has 0 spiro atoms. The van der Waals surface area contributed by atoms with E-state index in [1.165, 1.54) is 7.11 Å². The lowest BCUT2D eigenvalue weighted by atomic mass is 10.1. The molecule has 1 rings (SSSR count). The first-order valence-electron chi connectivity index (χ1n) is 6.44. The molecule has 0 saturated heterocycles. The van der Waals surface area contributed by atoms with Crippen LogP contribution >= 0.6 is 0 Å². The van der Waals surface area contributed by atoms with Crippen LogP contribution in [0.5, 0.6) is 0 Å². The van der Waals surface area contributed by atoms with Crippen molar-refractivity contribution >= 4 is 11.9 Å². The molecule has 1 amide bonds. The summed E-state index contributed by atoms with van der Waals surface area (Å²) in [4.78, 5) is 23.5. The van der Waals surface area contributed by atoms with Crippen LogP contribution < -0.4 is 5.32 Å². The summed E-state index contributed by atoms with van der Waals surface area (Å²) in [5.41, 5.74) is -0.325. The highest BCUT2D eigenvalue weighted by molar-refractivity contribution is 5.96. The molecule has 0 fully saturated rings. The Morgan fingerprint density at radius 1 is 1.43 bits per heavy atom. The highest BCUT2D eigenvalue weighted by Crippen LogP contribution is 2.11.